The summed E-state index contributed by atoms with van der Waals surface area (Å²) in [6, 6.07) is -0.322. The average Bonchev–Trinajstić information content (AvgIpc) is 2.91. The number of carbonyl (C=O) groups excluding carboxylic acids is 1. The summed E-state index contributed by atoms with van der Waals surface area (Å²) in [5, 5.41) is 5.97. The van der Waals surface area contributed by atoms with Crippen molar-refractivity contribution in [2.75, 3.05) is 5.32 Å². The second kappa shape index (κ2) is 7.67. The first-order valence-electron chi connectivity index (χ1n) is 8.68. The van der Waals surface area contributed by atoms with Gasteiger partial charge in [-0.25, -0.2) is 14.8 Å². The number of hydrogen-bond acceptors (Lipinski definition) is 5. The Morgan fingerprint density at radius 2 is 1.92 bits per heavy atom. The van der Waals surface area contributed by atoms with Crippen LogP contribution in [0.5, 0.6) is 0 Å². The Bertz CT molecular complexity index is 644. The normalized spacial score (nSPS) is 20.7. The maximum absolute atomic E-state index is 12.8. The Morgan fingerprint density at radius 3 is 2.50 bits per heavy atom. The molecule has 146 valence electrons. The van der Waals surface area contributed by atoms with Crippen LogP contribution in [0, 0.1) is 0 Å². The number of nitrogens with one attached hydrogen (secondary N) is 2. The molecule has 9 heteroatoms. The predicted octanol–water partition coefficient (Wildman–Crippen LogP) is 3.92. The van der Waals surface area contributed by atoms with E-state index in [1.54, 1.807) is 27.7 Å². The summed E-state index contributed by atoms with van der Waals surface area (Å²) < 4.78 is 43.7. The monoisotopic (exact) mass is 374 g/mol. The van der Waals surface area contributed by atoms with Crippen LogP contribution in [-0.4, -0.2) is 33.7 Å². The number of anilines is 1. The summed E-state index contributed by atoms with van der Waals surface area (Å²) in [6.07, 6.45) is -1.58. The van der Waals surface area contributed by atoms with Gasteiger partial charge in [-0.3, -0.25) is 0 Å². The molecule has 1 aliphatic carbocycles. The number of carbonyl (C=O) groups is 1. The lowest BCUT2D eigenvalue weighted by Gasteiger charge is -2.26. The third kappa shape index (κ3) is 5.47. The lowest BCUT2D eigenvalue weighted by molar-refractivity contribution is -0.141. The quantitative estimate of drug-likeness (QED) is 0.836. The first-order chi connectivity index (χ1) is 12.0. The highest BCUT2D eigenvalue weighted by molar-refractivity contribution is 5.68. The van der Waals surface area contributed by atoms with E-state index in [-0.39, 0.29) is 17.8 Å². The minimum absolute atomic E-state index is 0.140. The van der Waals surface area contributed by atoms with Gasteiger partial charge in [0.25, 0.3) is 0 Å². The van der Waals surface area contributed by atoms with Crippen molar-refractivity contribution in [3.8, 4) is 0 Å². The summed E-state index contributed by atoms with van der Waals surface area (Å²) in [4.78, 5) is 19.6. The minimum atomic E-state index is -4.52. The molecule has 1 saturated carbocycles. The predicted molar refractivity (Wildman–Crippen MR) is 90.8 cm³/mol. The molecule has 0 aliphatic heterocycles. The second-order valence-electron chi connectivity index (χ2n) is 7.34. The number of alkyl carbamates (subject to hydrolysis) is 1. The standard InChI is InChI=1S/C17H25F3N4O2/c1-5-10-14(21-9-13(22-10)17(18,19)20)23-11-7-6-8-12(11)24-15(25)26-16(2,3)4/h9,11-12H,5-8H2,1-4H3,(H,21,23)(H,24,25)/t11-,12-/m0/s1. The van der Waals surface area contributed by atoms with Crippen LogP contribution in [0.3, 0.4) is 0 Å². The molecule has 0 saturated heterocycles. The molecule has 1 amide bonds. The highest BCUT2D eigenvalue weighted by Crippen LogP contribution is 2.29. The van der Waals surface area contributed by atoms with Crippen LogP contribution in [0.4, 0.5) is 23.8 Å². The Labute approximate surface area is 150 Å². The van der Waals surface area contributed by atoms with Crippen molar-refractivity contribution in [2.45, 2.75) is 77.2 Å². The zero-order valence-corrected chi connectivity index (χ0v) is 15.4. The third-order valence-corrected chi connectivity index (χ3v) is 4.01. The van der Waals surface area contributed by atoms with Gasteiger partial charge in [0.2, 0.25) is 0 Å². The molecule has 0 unspecified atom stereocenters. The first-order valence-corrected chi connectivity index (χ1v) is 8.68. The molecule has 2 rings (SSSR count). The van der Waals surface area contributed by atoms with Gasteiger partial charge in [-0.2, -0.15) is 13.2 Å². The largest absolute Gasteiger partial charge is 0.444 e. The fraction of sp³-hybridized carbons (Fsp3) is 0.706. The lowest BCUT2D eigenvalue weighted by Crippen LogP contribution is -2.45. The zero-order chi connectivity index (χ0) is 19.5. The first kappa shape index (κ1) is 20.3. The fourth-order valence-corrected chi connectivity index (χ4v) is 2.87. The summed E-state index contributed by atoms with van der Waals surface area (Å²) >= 11 is 0. The number of hydrogen-bond donors (Lipinski definition) is 2. The Balaban J connectivity index is 2.08. The highest BCUT2D eigenvalue weighted by atomic mass is 19.4. The van der Waals surface area contributed by atoms with Crippen LogP contribution in [0.15, 0.2) is 6.20 Å². The molecule has 1 fully saturated rings. The Morgan fingerprint density at radius 1 is 1.27 bits per heavy atom. The van der Waals surface area contributed by atoms with Crippen molar-refractivity contribution in [3.05, 3.63) is 17.6 Å². The number of rotatable bonds is 4. The van der Waals surface area contributed by atoms with Gasteiger partial charge in [0.15, 0.2) is 5.69 Å². The number of amides is 1. The molecule has 2 N–H and O–H groups in total. The number of nitrogens with zero attached hydrogens (tertiary/aromatic N) is 2. The van der Waals surface area contributed by atoms with Gasteiger partial charge in [-0.15, -0.1) is 0 Å². The average molecular weight is 374 g/mol. The minimum Gasteiger partial charge on any atom is -0.444 e. The molecule has 1 heterocycles. The number of halogens is 3. The van der Waals surface area contributed by atoms with E-state index in [0.717, 1.165) is 25.5 Å². The van der Waals surface area contributed by atoms with Gasteiger partial charge in [-0.1, -0.05) is 6.92 Å². The van der Waals surface area contributed by atoms with Gasteiger partial charge in [0.05, 0.1) is 17.9 Å². The molecule has 1 aliphatic rings. The van der Waals surface area contributed by atoms with Gasteiger partial charge in [0.1, 0.15) is 11.4 Å². The molecule has 2 atom stereocenters. The molecule has 0 radical (unpaired) electrons. The van der Waals surface area contributed by atoms with E-state index < -0.39 is 23.6 Å². The van der Waals surface area contributed by atoms with Crippen LogP contribution in [0.2, 0.25) is 0 Å². The van der Waals surface area contributed by atoms with Crippen LogP contribution in [0.1, 0.15) is 58.3 Å². The SMILES string of the molecule is CCc1nc(C(F)(F)F)cnc1N[C@H]1CCC[C@@H]1NC(=O)OC(C)(C)C. The number of aryl methyl sites for hydroxylation is 1. The molecule has 6 nitrogen and oxygen atoms in total. The molecular formula is C17H25F3N4O2. The molecule has 1 aromatic heterocycles. The number of ether oxygens (including phenoxy) is 1. The van der Waals surface area contributed by atoms with E-state index >= 15 is 0 Å². The van der Waals surface area contributed by atoms with E-state index in [0.29, 0.717) is 12.2 Å². The van der Waals surface area contributed by atoms with Crippen molar-refractivity contribution in [1.29, 1.82) is 0 Å². The summed E-state index contributed by atoms with van der Waals surface area (Å²) in [7, 11) is 0. The van der Waals surface area contributed by atoms with Crippen LogP contribution in [-0.2, 0) is 17.3 Å². The lowest BCUT2D eigenvalue weighted by atomic mass is 10.1. The molecule has 0 aromatic carbocycles. The highest BCUT2D eigenvalue weighted by Gasteiger charge is 2.35. The molecule has 0 spiro atoms. The maximum atomic E-state index is 12.8. The molecule has 26 heavy (non-hydrogen) atoms. The third-order valence-electron chi connectivity index (χ3n) is 4.01. The van der Waals surface area contributed by atoms with Crippen LogP contribution < -0.4 is 10.6 Å². The van der Waals surface area contributed by atoms with Gasteiger partial charge in [-0.05, 0) is 46.5 Å². The Kier molecular flexibility index (Phi) is 5.98. The van der Waals surface area contributed by atoms with Gasteiger partial charge in [0, 0.05) is 6.04 Å². The fourth-order valence-electron chi connectivity index (χ4n) is 2.87. The van der Waals surface area contributed by atoms with Gasteiger partial charge >= 0.3 is 12.3 Å². The van der Waals surface area contributed by atoms with E-state index in [2.05, 4.69) is 20.6 Å². The second-order valence-corrected chi connectivity index (χ2v) is 7.34. The topological polar surface area (TPSA) is 76.1 Å². The van der Waals surface area contributed by atoms with E-state index in [1.807, 2.05) is 0 Å². The van der Waals surface area contributed by atoms with Crippen molar-refractivity contribution < 1.29 is 22.7 Å². The van der Waals surface area contributed by atoms with Crippen molar-refractivity contribution in [1.82, 2.24) is 15.3 Å². The van der Waals surface area contributed by atoms with E-state index in [1.165, 1.54) is 0 Å². The summed E-state index contributed by atoms with van der Waals surface area (Å²) in [5.74, 6) is 0.323. The number of aromatic nitrogens is 2. The van der Waals surface area contributed by atoms with Crippen LogP contribution in [0.25, 0.3) is 0 Å². The smallest absolute Gasteiger partial charge is 0.434 e. The molecule has 0 bridgehead atoms. The van der Waals surface area contributed by atoms with Gasteiger partial charge < -0.3 is 15.4 Å². The zero-order valence-electron chi connectivity index (χ0n) is 15.4. The number of alkyl halides is 3. The Hall–Kier alpha value is -2.06. The maximum Gasteiger partial charge on any atom is 0.434 e. The van der Waals surface area contributed by atoms with Crippen molar-refractivity contribution in [3.63, 3.8) is 0 Å². The van der Waals surface area contributed by atoms with Crippen LogP contribution >= 0.6 is 0 Å². The molecule has 1 aromatic rings. The summed E-state index contributed by atoms with van der Waals surface area (Å²) in [6.45, 7) is 7.06. The summed E-state index contributed by atoms with van der Waals surface area (Å²) in [5.41, 5.74) is -1.35. The van der Waals surface area contributed by atoms with Crippen molar-refractivity contribution in [2.24, 2.45) is 0 Å². The molecular weight excluding hydrogens is 349 g/mol. The van der Waals surface area contributed by atoms with Crippen molar-refractivity contribution >= 4 is 11.9 Å². The van der Waals surface area contributed by atoms with E-state index in [9.17, 15) is 18.0 Å². The van der Waals surface area contributed by atoms with E-state index in [4.69, 9.17) is 4.74 Å².